The van der Waals surface area contributed by atoms with E-state index in [2.05, 4.69) is 17.9 Å². The second-order valence-electron chi connectivity index (χ2n) is 8.21. The first kappa shape index (κ1) is 20.9. The minimum absolute atomic E-state index is 0.0354. The maximum Gasteiger partial charge on any atom is 0.228 e. The molecule has 0 radical (unpaired) electrons. The van der Waals surface area contributed by atoms with E-state index in [-0.39, 0.29) is 24.2 Å². The van der Waals surface area contributed by atoms with Gasteiger partial charge in [-0.2, -0.15) is 5.26 Å². The van der Waals surface area contributed by atoms with Gasteiger partial charge in [0.2, 0.25) is 11.8 Å². The van der Waals surface area contributed by atoms with Gasteiger partial charge in [-0.3, -0.25) is 9.59 Å². The van der Waals surface area contributed by atoms with Crippen LogP contribution in [0.3, 0.4) is 0 Å². The van der Waals surface area contributed by atoms with Crippen LogP contribution in [0.4, 0.5) is 11.4 Å². The number of amides is 2. The summed E-state index contributed by atoms with van der Waals surface area (Å²) in [5.41, 5.74) is 3.80. The Balaban J connectivity index is 1.40. The number of aryl methyl sites for hydroxylation is 1. The molecule has 2 aromatic carbocycles. The average Bonchev–Trinajstić information content (AvgIpc) is 3.03. The first-order valence-corrected chi connectivity index (χ1v) is 11.0. The van der Waals surface area contributed by atoms with Gasteiger partial charge in [-0.1, -0.05) is 25.1 Å². The molecule has 0 N–H and O–H groups in total. The van der Waals surface area contributed by atoms with Crippen LogP contribution in [0.25, 0.3) is 0 Å². The molecule has 2 aliphatic rings. The van der Waals surface area contributed by atoms with E-state index in [4.69, 9.17) is 5.26 Å². The fourth-order valence-corrected chi connectivity index (χ4v) is 4.58. The molecule has 0 aromatic heterocycles. The van der Waals surface area contributed by atoms with Gasteiger partial charge in [0.1, 0.15) is 0 Å². The molecule has 0 saturated carbocycles. The zero-order valence-corrected chi connectivity index (χ0v) is 18.0. The van der Waals surface area contributed by atoms with Crippen LogP contribution in [-0.4, -0.2) is 49.4 Å². The molecular formula is C25H28N4O2. The minimum Gasteiger partial charge on any atom is -0.370 e. The third-order valence-corrected chi connectivity index (χ3v) is 6.31. The van der Waals surface area contributed by atoms with Crippen molar-refractivity contribution in [1.82, 2.24) is 4.90 Å². The SMILES string of the molecule is CCc1ccccc1N1CC(C(=O)N2CCCN(c3ccc(C#N)cc3)CC2)CC1=O. The van der Waals surface area contributed by atoms with Crippen LogP contribution in [0.15, 0.2) is 48.5 Å². The van der Waals surface area contributed by atoms with E-state index in [9.17, 15) is 9.59 Å². The van der Waals surface area contributed by atoms with E-state index >= 15 is 0 Å². The van der Waals surface area contributed by atoms with Crippen LogP contribution in [0.2, 0.25) is 0 Å². The maximum absolute atomic E-state index is 13.2. The normalized spacial score (nSPS) is 19.3. The highest BCUT2D eigenvalue weighted by Gasteiger charge is 2.38. The fourth-order valence-electron chi connectivity index (χ4n) is 4.58. The first-order chi connectivity index (χ1) is 15.1. The second-order valence-corrected chi connectivity index (χ2v) is 8.21. The molecule has 2 amide bonds. The molecule has 2 saturated heterocycles. The van der Waals surface area contributed by atoms with Crippen LogP contribution in [0, 0.1) is 17.2 Å². The van der Waals surface area contributed by atoms with Crippen molar-refractivity contribution in [2.24, 2.45) is 5.92 Å². The number of carbonyl (C=O) groups is 2. The van der Waals surface area contributed by atoms with E-state index in [1.807, 2.05) is 53.4 Å². The molecule has 2 fully saturated rings. The molecule has 6 nitrogen and oxygen atoms in total. The Morgan fingerprint density at radius 1 is 1.06 bits per heavy atom. The largest absolute Gasteiger partial charge is 0.370 e. The van der Waals surface area contributed by atoms with Gasteiger partial charge in [0.25, 0.3) is 0 Å². The van der Waals surface area contributed by atoms with Crippen LogP contribution < -0.4 is 9.80 Å². The summed E-state index contributed by atoms with van der Waals surface area (Å²) in [5.74, 6) is -0.154. The third-order valence-electron chi connectivity index (χ3n) is 6.31. The summed E-state index contributed by atoms with van der Waals surface area (Å²) >= 11 is 0. The number of benzene rings is 2. The smallest absolute Gasteiger partial charge is 0.228 e. The van der Waals surface area contributed by atoms with Crippen LogP contribution in [0.1, 0.15) is 30.9 Å². The van der Waals surface area contributed by atoms with Crippen LogP contribution in [0.5, 0.6) is 0 Å². The zero-order valence-electron chi connectivity index (χ0n) is 18.0. The summed E-state index contributed by atoms with van der Waals surface area (Å²) in [7, 11) is 0. The maximum atomic E-state index is 13.2. The molecule has 31 heavy (non-hydrogen) atoms. The Kier molecular flexibility index (Phi) is 6.22. The fraction of sp³-hybridized carbons (Fsp3) is 0.400. The molecule has 2 aliphatic heterocycles. The number of nitriles is 1. The van der Waals surface area contributed by atoms with Crippen molar-refractivity contribution < 1.29 is 9.59 Å². The summed E-state index contributed by atoms with van der Waals surface area (Å²) in [6, 6.07) is 17.7. The Morgan fingerprint density at radius 2 is 1.84 bits per heavy atom. The highest BCUT2D eigenvalue weighted by atomic mass is 16.2. The second kappa shape index (κ2) is 9.22. The average molecular weight is 417 g/mol. The number of nitrogens with zero attached hydrogens (tertiary/aromatic N) is 4. The van der Waals surface area contributed by atoms with Gasteiger partial charge < -0.3 is 14.7 Å². The summed E-state index contributed by atoms with van der Waals surface area (Å²) < 4.78 is 0. The van der Waals surface area contributed by atoms with E-state index < -0.39 is 0 Å². The molecule has 2 heterocycles. The van der Waals surface area contributed by atoms with Gasteiger partial charge in [-0.15, -0.1) is 0 Å². The third kappa shape index (κ3) is 4.41. The molecule has 0 spiro atoms. The lowest BCUT2D eigenvalue weighted by Gasteiger charge is -2.25. The highest BCUT2D eigenvalue weighted by Crippen LogP contribution is 2.30. The summed E-state index contributed by atoms with van der Waals surface area (Å²) in [5, 5.41) is 8.99. The summed E-state index contributed by atoms with van der Waals surface area (Å²) in [4.78, 5) is 32.0. The quantitative estimate of drug-likeness (QED) is 0.768. The lowest BCUT2D eigenvalue weighted by molar-refractivity contribution is -0.135. The zero-order chi connectivity index (χ0) is 21.8. The molecule has 4 rings (SSSR count). The predicted molar refractivity (Wildman–Crippen MR) is 121 cm³/mol. The van der Waals surface area contributed by atoms with Gasteiger partial charge in [-0.25, -0.2) is 0 Å². The number of hydrogen-bond donors (Lipinski definition) is 0. The summed E-state index contributed by atoms with van der Waals surface area (Å²) in [6.45, 7) is 5.52. The Hall–Kier alpha value is -3.33. The number of hydrogen-bond acceptors (Lipinski definition) is 4. The molecule has 2 aromatic rings. The van der Waals surface area contributed by atoms with Gasteiger partial charge >= 0.3 is 0 Å². The molecular weight excluding hydrogens is 388 g/mol. The van der Waals surface area contributed by atoms with E-state index in [0.717, 1.165) is 42.9 Å². The highest BCUT2D eigenvalue weighted by molar-refractivity contribution is 6.00. The van der Waals surface area contributed by atoms with Crippen molar-refractivity contribution in [3.05, 3.63) is 59.7 Å². The Labute approximate surface area is 183 Å². The van der Waals surface area contributed by atoms with Crippen molar-refractivity contribution in [3.8, 4) is 6.07 Å². The lowest BCUT2D eigenvalue weighted by atomic mass is 10.1. The first-order valence-electron chi connectivity index (χ1n) is 11.0. The van der Waals surface area contributed by atoms with Gasteiger partial charge in [0.15, 0.2) is 0 Å². The number of anilines is 2. The van der Waals surface area contributed by atoms with Crippen molar-refractivity contribution in [2.45, 2.75) is 26.2 Å². The molecule has 0 bridgehead atoms. The monoisotopic (exact) mass is 416 g/mol. The van der Waals surface area contributed by atoms with Crippen LogP contribution in [-0.2, 0) is 16.0 Å². The van der Waals surface area contributed by atoms with Gasteiger partial charge in [-0.05, 0) is 48.7 Å². The summed E-state index contributed by atoms with van der Waals surface area (Å²) in [6.07, 6.45) is 2.03. The minimum atomic E-state index is -0.279. The predicted octanol–water partition coefficient (Wildman–Crippen LogP) is 3.21. The lowest BCUT2D eigenvalue weighted by Crippen LogP contribution is -2.40. The topological polar surface area (TPSA) is 67.7 Å². The van der Waals surface area contributed by atoms with Crippen molar-refractivity contribution in [2.75, 3.05) is 42.5 Å². The van der Waals surface area contributed by atoms with Crippen molar-refractivity contribution >= 4 is 23.2 Å². The molecule has 1 unspecified atom stereocenters. The van der Waals surface area contributed by atoms with Crippen molar-refractivity contribution in [3.63, 3.8) is 0 Å². The Morgan fingerprint density at radius 3 is 2.58 bits per heavy atom. The van der Waals surface area contributed by atoms with Gasteiger partial charge in [0, 0.05) is 50.5 Å². The number of rotatable bonds is 4. The number of para-hydroxylation sites is 1. The Bertz CT molecular complexity index is 995. The van der Waals surface area contributed by atoms with Gasteiger partial charge in [0.05, 0.1) is 17.6 Å². The van der Waals surface area contributed by atoms with Crippen LogP contribution >= 0.6 is 0 Å². The van der Waals surface area contributed by atoms with E-state index in [1.165, 1.54) is 0 Å². The van der Waals surface area contributed by atoms with Crippen molar-refractivity contribution in [1.29, 1.82) is 5.26 Å². The van der Waals surface area contributed by atoms with E-state index in [1.54, 1.807) is 4.90 Å². The standard InChI is InChI=1S/C25H28N4O2/c1-2-20-6-3-4-7-23(20)29-18-21(16-24(29)30)25(31)28-13-5-12-27(14-15-28)22-10-8-19(17-26)9-11-22/h3-4,6-11,21H,2,5,12-16,18H2,1H3. The molecule has 160 valence electrons. The van der Waals surface area contributed by atoms with E-state index in [0.29, 0.717) is 25.2 Å². The molecule has 0 aliphatic carbocycles. The number of carbonyl (C=O) groups excluding carboxylic acids is 2. The molecule has 6 heteroatoms. The molecule has 1 atom stereocenters.